The molecular formula is C14H19ClFN. The summed E-state index contributed by atoms with van der Waals surface area (Å²) in [6.45, 7) is 2.25. The average molecular weight is 256 g/mol. The predicted molar refractivity (Wildman–Crippen MR) is 69.6 cm³/mol. The fourth-order valence-electron chi connectivity index (χ4n) is 2.90. The largest absolute Gasteiger partial charge is 0.327 e. The normalized spacial score (nSPS) is 26.1. The second-order valence-electron chi connectivity index (χ2n) is 5.18. The highest BCUT2D eigenvalue weighted by Crippen LogP contribution is 2.34. The lowest BCUT2D eigenvalue weighted by Gasteiger charge is -2.23. The highest BCUT2D eigenvalue weighted by molar-refractivity contribution is 6.30. The van der Waals surface area contributed by atoms with Gasteiger partial charge in [-0.15, -0.1) is 0 Å². The average Bonchev–Trinajstić information content (AvgIpc) is 2.68. The van der Waals surface area contributed by atoms with Crippen LogP contribution >= 0.6 is 11.6 Å². The fraction of sp³-hybridized carbons (Fsp3) is 0.571. The van der Waals surface area contributed by atoms with E-state index in [1.165, 1.54) is 25.3 Å². The summed E-state index contributed by atoms with van der Waals surface area (Å²) < 4.78 is 13.7. The molecule has 1 aliphatic rings. The first-order chi connectivity index (χ1) is 8.08. The molecule has 0 aliphatic heterocycles. The third kappa shape index (κ3) is 2.99. The van der Waals surface area contributed by atoms with E-state index in [-0.39, 0.29) is 11.9 Å². The molecule has 1 nitrogen and oxygen atoms in total. The minimum absolute atomic E-state index is 0.0585. The Hall–Kier alpha value is -0.600. The van der Waals surface area contributed by atoms with Gasteiger partial charge in [-0.25, -0.2) is 4.39 Å². The van der Waals surface area contributed by atoms with Crippen molar-refractivity contribution < 1.29 is 4.39 Å². The molecule has 2 rings (SSSR count). The molecule has 2 N–H and O–H groups in total. The van der Waals surface area contributed by atoms with Gasteiger partial charge in [0.25, 0.3) is 0 Å². The van der Waals surface area contributed by atoms with Crippen LogP contribution in [0.5, 0.6) is 0 Å². The van der Waals surface area contributed by atoms with E-state index in [1.807, 2.05) is 0 Å². The fourth-order valence-corrected chi connectivity index (χ4v) is 3.06. The van der Waals surface area contributed by atoms with E-state index < -0.39 is 0 Å². The smallest absolute Gasteiger partial charge is 0.127 e. The van der Waals surface area contributed by atoms with Crippen LogP contribution in [-0.4, -0.2) is 6.04 Å². The molecule has 1 saturated carbocycles. The molecule has 0 saturated heterocycles. The molecule has 0 radical (unpaired) electrons. The van der Waals surface area contributed by atoms with Gasteiger partial charge in [0.15, 0.2) is 0 Å². The van der Waals surface area contributed by atoms with Gasteiger partial charge in [-0.1, -0.05) is 37.4 Å². The quantitative estimate of drug-likeness (QED) is 0.874. The Kier molecular flexibility index (Phi) is 4.05. The first-order valence-corrected chi connectivity index (χ1v) is 6.65. The maximum atomic E-state index is 13.7. The van der Waals surface area contributed by atoms with E-state index in [4.69, 9.17) is 17.3 Å². The topological polar surface area (TPSA) is 26.0 Å². The molecule has 1 aliphatic carbocycles. The van der Waals surface area contributed by atoms with Crippen LogP contribution < -0.4 is 5.73 Å². The predicted octanol–water partition coefficient (Wildman–Crippen LogP) is 3.79. The van der Waals surface area contributed by atoms with Crippen molar-refractivity contribution in [3.8, 4) is 0 Å². The summed E-state index contributed by atoms with van der Waals surface area (Å²) in [6.07, 6.45) is 4.29. The van der Waals surface area contributed by atoms with Crippen LogP contribution in [0.4, 0.5) is 4.39 Å². The van der Waals surface area contributed by atoms with Gasteiger partial charge in [-0.2, -0.15) is 0 Å². The Morgan fingerprint density at radius 1 is 1.47 bits per heavy atom. The third-order valence-corrected chi connectivity index (χ3v) is 4.18. The van der Waals surface area contributed by atoms with Crippen molar-refractivity contribution in [1.82, 2.24) is 0 Å². The number of halogens is 2. The summed E-state index contributed by atoms with van der Waals surface area (Å²) in [7, 11) is 0. The zero-order valence-corrected chi connectivity index (χ0v) is 10.9. The molecule has 17 heavy (non-hydrogen) atoms. The SMILES string of the molecule is CC1CCCC1C(N)Cc1ccc(Cl)cc1F. The summed E-state index contributed by atoms with van der Waals surface area (Å²) in [5, 5.41) is 0.439. The second-order valence-corrected chi connectivity index (χ2v) is 5.61. The number of nitrogens with two attached hydrogens (primary N) is 1. The lowest BCUT2D eigenvalue weighted by Crippen LogP contribution is -2.34. The molecule has 94 valence electrons. The van der Waals surface area contributed by atoms with E-state index in [0.29, 0.717) is 28.8 Å². The van der Waals surface area contributed by atoms with Crippen molar-refractivity contribution >= 4 is 11.6 Å². The molecule has 3 atom stereocenters. The Bertz CT molecular complexity index is 394. The number of hydrogen-bond donors (Lipinski definition) is 1. The lowest BCUT2D eigenvalue weighted by molar-refractivity contribution is 0.341. The first-order valence-electron chi connectivity index (χ1n) is 6.27. The van der Waals surface area contributed by atoms with Crippen molar-refractivity contribution in [1.29, 1.82) is 0 Å². The Labute approximate surface area is 107 Å². The van der Waals surface area contributed by atoms with Crippen LogP contribution in [0.15, 0.2) is 18.2 Å². The standard InChI is InChI=1S/C14H19ClFN/c1-9-3-2-4-12(9)14(17)7-10-5-6-11(15)8-13(10)16/h5-6,8-9,12,14H,2-4,7,17H2,1H3. The molecule has 0 spiro atoms. The summed E-state index contributed by atoms with van der Waals surface area (Å²) in [6, 6.07) is 4.90. The second kappa shape index (κ2) is 5.36. The molecule has 1 aromatic rings. The molecule has 3 heteroatoms. The monoisotopic (exact) mass is 255 g/mol. The molecule has 0 bridgehead atoms. The van der Waals surface area contributed by atoms with Gasteiger partial charge in [0.05, 0.1) is 0 Å². The zero-order chi connectivity index (χ0) is 12.4. The van der Waals surface area contributed by atoms with Gasteiger partial charge in [0.2, 0.25) is 0 Å². The third-order valence-electron chi connectivity index (χ3n) is 3.95. The molecule has 1 fully saturated rings. The Balaban J connectivity index is 2.04. The molecule has 0 aromatic heterocycles. The van der Waals surface area contributed by atoms with Gasteiger partial charge in [0.1, 0.15) is 5.82 Å². The van der Waals surface area contributed by atoms with Crippen LogP contribution in [0.3, 0.4) is 0 Å². The number of hydrogen-bond acceptors (Lipinski definition) is 1. The van der Waals surface area contributed by atoms with E-state index in [0.717, 1.165) is 0 Å². The summed E-state index contributed by atoms with van der Waals surface area (Å²) in [5.41, 5.74) is 6.89. The Morgan fingerprint density at radius 2 is 2.24 bits per heavy atom. The van der Waals surface area contributed by atoms with Crippen LogP contribution in [0.2, 0.25) is 5.02 Å². The van der Waals surface area contributed by atoms with E-state index in [2.05, 4.69) is 6.92 Å². The minimum Gasteiger partial charge on any atom is -0.327 e. The lowest BCUT2D eigenvalue weighted by atomic mass is 9.87. The first kappa shape index (κ1) is 12.8. The molecular weight excluding hydrogens is 237 g/mol. The van der Waals surface area contributed by atoms with Crippen molar-refractivity contribution in [3.63, 3.8) is 0 Å². The van der Waals surface area contributed by atoms with Gasteiger partial charge >= 0.3 is 0 Å². The molecule has 1 aromatic carbocycles. The van der Waals surface area contributed by atoms with Crippen molar-refractivity contribution in [3.05, 3.63) is 34.6 Å². The van der Waals surface area contributed by atoms with Crippen molar-refractivity contribution in [2.45, 2.75) is 38.6 Å². The van der Waals surface area contributed by atoms with E-state index in [9.17, 15) is 4.39 Å². The number of benzene rings is 1. The summed E-state index contributed by atoms with van der Waals surface area (Å²) in [4.78, 5) is 0. The van der Waals surface area contributed by atoms with Crippen LogP contribution in [0, 0.1) is 17.7 Å². The zero-order valence-electron chi connectivity index (χ0n) is 10.1. The van der Waals surface area contributed by atoms with Gasteiger partial charge in [0, 0.05) is 11.1 Å². The molecule has 0 amide bonds. The maximum Gasteiger partial charge on any atom is 0.127 e. The van der Waals surface area contributed by atoms with E-state index >= 15 is 0 Å². The maximum absolute atomic E-state index is 13.7. The van der Waals surface area contributed by atoms with Gasteiger partial charge in [-0.05, 0) is 42.4 Å². The van der Waals surface area contributed by atoms with Gasteiger partial charge in [-0.3, -0.25) is 0 Å². The minimum atomic E-state index is -0.237. The van der Waals surface area contributed by atoms with Crippen LogP contribution in [0.25, 0.3) is 0 Å². The van der Waals surface area contributed by atoms with Crippen LogP contribution in [0.1, 0.15) is 31.7 Å². The molecule has 3 unspecified atom stereocenters. The molecule has 0 heterocycles. The number of rotatable bonds is 3. The van der Waals surface area contributed by atoms with Crippen molar-refractivity contribution in [2.75, 3.05) is 0 Å². The summed E-state index contributed by atoms with van der Waals surface area (Å²) >= 11 is 5.73. The van der Waals surface area contributed by atoms with E-state index in [1.54, 1.807) is 12.1 Å². The van der Waals surface area contributed by atoms with Crippen molar-refractivity contribution in [2.24, 2.45) is 17.6 Å². The highest BCUT2D eigenvalue weighted by Gasteiger charge is 2.29. The summed E-state index contributed by atoms with van der Waals surface area (Å²) in [5.74, 6) is 0.962. The van der Waals surface area contributed by atoms with Gasteiger partial charge < -0.3 is 5.73 Å². The van der Waals surface area contributed by atoms with Crippen LogP contribution in [-0.2, 0) is 6.42 Å². The Morgan fingerprint density at radius 3 is 2.82 bits per heavy atom. The highest BCUT2D eigenvalue weighted by atomic mass is 35.5.